The van der Waals surface area contributed by atoms with Crippen molar-refractivity contribution >= 4 is 12.0 Å². The highest BCUT2D eigenvalue weighted by atomic mass is 16.4. The lowest BCUT2D eigenvalue weighted by molar-refractivity contribution is -0.147. The molecule has 1 heterocycles. The van der Waals surface area contributed by atoms with Crippen molar-refractivity contribution in [2.24, 2.45) is 5.92 Å². The number of carbonyl (C=O) groups excluding carboxylic acids is 1. The maximum absolute atomic E-state index is 12.4. The van der Waals surface area contributed by atoms with Crippen LogP contribution in [0.25, 0.3) is 0 Å². The molecule has 1 N–H and O–H groups in total. The van der Waals surface area contributed by atoms with Crippen molar-refractivity contribution in [2.75, 3.05) is 39.8 Å². The van der Waals surface area contributed by atoms with Gasteiger partial charge in [0.2, 0.25) is 0 Å². The van der Waals surface area contributed by atoms with Crippen molar-refractivity contribution in [3.8, 4) is 0 Å². The van der Waals surface area contributed by atoms with E-state index in [1.54, 1.807) is 25.8 Å². The maximum atomic E-state index is 12.4. The summed E-state index contributed by atoms with van der Waals surface area (Å²) in [6.07, 6.45) is 2.68. The van der Waals surface area contributed by atoms with Crippen LogP contribution in [0, 0.1) is 5.92 Å². The second kappa shape index (κ2) is 5.60. The first-order valence-electron chi connectivity index (χ1n) is 7.31. The predicted octanol–water partition coefficient (Wildman–Crippen LogP) is 0.929. The first-order valence-corrected chi connectivity index (χ1v) is 7.31. The van der Waals surface area contributed by atoms with Crippen LogP contribution in [0.15, 0.2) is 0 Å². The van der Waals surface area contributed by atoms with Crippen LogP contribution in [0.2, 0.25) is 0 Å². The summed E-state index contributed by atoms with van der Waals surface area (Å²) in [7, 11) is 1.56. The topological polar surface area (TPSA) is 64.1 Å². The molecule has 0 radical (unpaired) electrons. The van der Waals surface area contributed by atoms with Gasteiger partial charge in [-0.25, -0.2) is 9.59 Å². The SMILES string of the molecule is CN(C(=O)N1CCN(CC2CC2)CC1)C(C)(C)C(=O)O. The van der Waals surface area contributed by atoms with Crippen LogP contribution in [-0.2, 0) is 4.79 Å². The van der Waals surface area contributed by atoms with E-state index in [-0.39, 0.29) is 6.03 Å². The van der Waals surface area contributed by atoms with Gasteiger partial charge in [-0.15, -0.1) is 0 Å². The summed E-state index contributed by atoms with van der Waals surface area (Å²) in [5.41, 5.74) is -1.18. The fourth-order valence-corrected chi connectivity index (χ4v) is 2.38. The fraction of sp³-hybridized carbons (Fsp3) is 0.857. The average Bonchev–Trinajstić information content (AvgIpc) is 3.21. The molecule has 2 rings (SSSR count). The number of carboxylic acids is 1. The van der Waals surface area contributed by atoms with Gasteiger partial charge in [0.15, 0.2) is 0 Å². The van der Waals surface area contributed by atoms with E-state index in [0.717, 1.165) is 25.6 Å². The molecule has 114 valence electrons. The Balaban J connectivity index is 1.85. The van der Waals surface area contributed by atoms with Crippen LogP contribution in [-0.4, -0.2) is 77.1 Å². The Hall–Kier alpha value is -1.30. The number of aliphatic carboxylic acids is 1. The Bertz CT molecular complexity index is 385. The molecule has 0 aromatic heterocycles. The maximum Gasteiger partial charge on any atom is 0.329 e. The third kappa shape index (κ3) is 3.23. The number of nitrogens with zero attached hydrogens (tertiary/aromatic N) is 3. The molecule has 6 nitrogen and oxygen atoms in total. The quantitative estimate of drug-likeness (QED) is 0.833. The lowest BCUT2D eigenvalue weighted by Gasteiger charge is -2.40. The molecule has 1 saturated heterocycles. The zero-order chi connectivity index (χ0) is 14.9. The molecule has 2 amide bonds. The van der Waals surface area contributed by atoms with E-state index in [4.69, 9.17) is 0 Å². The Kier molecular flexibility index (Phi) is 4.22. The number of likely N-dealkylation sites (N-methyl/N-ethyl adjacent to an activating group) is 1. The standard InChI is InChI=1S/C14H25N3O3/c1-14(2,12(18)19)15(3)13(20)17-8-6-16(7-9-17)10-11-4-5-11/h11H,4-10H2,1-3H3,(H,18,19). The summed E-state index contributed by atoms with van der Waals surface area (Å²) >= 11 is 0. The number of piperazine rings is 1. The van der Waals surface area contributed by atoms with Gasteiger partial charge in [-0.3, -0.25) is 4.90 Å². The number of carbonyl (C=O) groups is 2. The van der Waals surface area contributed by atoms with Crippen LogP contribution < -0.4 is 0 Å². The van der Waals surface area contributed by atoms with Crippen molar-refractivity contribution < 1.29 is 14.7 Å². The normalized spacial score (nSPS) is 20.9. The molecule has 1 aliphatic heterocycles. The highest BCUT2D eigenvalue weighted by molar-refractivity contribution is 5.85. The van der Waals surface area contributed by atoms with Gasteiger partial charge in [-0.05, 0) is 32.6 Å². The van der Waals surface area contributed by atoms with Crippen molar-refractivity contribution in [3.05, 3.63) is 0 Å². The molecule has 0 bridgehead atoms. The number of hydrogen-bond acceptors (Lipinski definition) is 3. The van der Waals surface area contributed by atoms with Crippen LogP contribution in [0.5, 0.6) is 0 Å². The Morgan fingerprint density at radius 2 is 1.75 bits per heavy atom. The van der Waals surface area contributed by atoms with Crippen LogP contribution in [0.1, 0.15) is 26.7 Å². The molecule has 1 aliphatic carbocycles. The molecule has 2 aliphatic rings. The van der Waals surface area contributed by atoms with Crippen LogP contribution >= 0.6 is 0 Å². The molecule has 2 fully saturated rings. The first kappa shape index (κ1) is 15.1. The number of amides is 2. The van der Waals surface area contributed by atoms with Crippen molar-refractivity contribution in [2.45, 2.75) is 32.2 Å². The van der Waals surface area contributed by atoms with Gasteiger partial charge in [0.1, 0.15) is 5.54 Å². The largest absolute Gasteiger partial charge is 0.480 e. The molecule has 20 heavy (non-hydrogen) atoms. The van der Waals surface area contributed by atoms with Gasteiger partial charge in [0.25, 0.3) is 0 Å². The van der Waals surface area contributed by atoms with E-state index in [2.05, 4.69) is 4.90 Å². The summed E-state index contributed by atoms with van der Waals surface area (Å²) in [6, 6.07) is -0.191. The molecule has 6 heteroatoms. The highest BCUT2D eigenvalue weighted by Crippen LogP contribution is 2.30. The van der Waals surface area contributed by atoms with Gasteiger partial charge in [-0.2, -0.15) is 0 Å². The average molecular weight is 283 g/mol. The third-order valence-corrected chi connectivity index (χ3v) is 4.50. The number of hydrogen-bond donors (Lipinski definition) is 1. The van der Waals surface area contributed by atoms with E-state index in [1.165, 1.54) is 17.7 Å². The van der Waals surface area contributed by atoms with Gasteiger partial charge in [0, 0.05) is 39.8 Å². The minimum absolute atomic E-state index is 0.191. The second-order valence-electron chi connectivity index (χ2n) is 6.44. The van der Waals surface area contributed by atoms with Crippen molar-refractivity contribution in [1.29, 1.82) is 0 Å². The summed E-state index contributed by atoms with van der Waals surface area (Å²) in [4.78, 5) is 29.1. The molecule has 0 unspecified atom stereocenters. The van der Waals surface area contributed by atoms with Crippen molar-refractivity contribution in [1.82, 2.24) is 14.7 Å². The van der Waals surface area contributed by atoms with Crippen LogP contribution in [0.4, 0.5) is 4.79 Å². The fourth-order valence-electron chi connectivity index (χ4n) is 2.38. The summed E-state index contributed by atoms with van der Waals surface area (Å²) in [6.45, 7) is 7.41. The first-order chi connectivity index (χ1) is 9.32. The Labute approximate surface area is 120 Å². The van der Waals surface area contributed by atoms with E-state index in [0.29, 0.717) is 13.1 Å². The Morgan fingerprint density at radius 3 is 2.20 bits per heavy atom. The van der Waals surface area contributed by atoms with E-state index < -0.39 is 11.5 Å². The molecule has 0 aromatic carbocycles. The number of carboxylic acid groups (broad SMARTS) is 1. The van der Waals surface area contributed by atoms with Gasteiger partial charge < -0.3 is 14.9 Å². The second-order valence-corrected chi connectivity index (χ2v) is 6.44. The zero-order valence-corrected chi connectivity index (χ0v) is 12.6. The minimum Gasteiger partial charge on any atom is -0.480 e. The van der Waals surface area contributed by atoms with Gasteiger partial charge in [0.05, 0.1) is 0 Å². The summed E-state index contributed by atoms with van der Waals surface area (Å²) in [5.74, 6) is -0.119. The monoisotopic (exact) mass is 283 g/mol. The number of urea groups is 1. The Morgan fingerprint density at radius 1 is 1.20 bits per heavy atom. The van der Waals surface area contributed by atoms with E-state index >= 15 is 0 Å². The minimum atomic E-state index is -1.18. The lowest BCUT2D eigenvalue weighted by atomic mass is 10.0. The number of rotatable bonds is 4. The van der Waals surface area contributed by atoms with E-state index in [9.17, 15) is 14.7 Å². The predicted molar refractivity (Wildman–Crippen MR) is 75.6 cm³/mol. The zero-order valence-electron chi connectivity index (χ0n) is 12.6. The highest BCUT2D eigenvalue weighted by Gasteiger charge is 2.38. The molecule has 0 spiro atoms. The van der Waals surface area contributed by atoms with E-state index in [1.807, 2.05) is 0 Å². The van der Waals surface area contributed by atoms with Crippen LogP contribution in [0.3, 0.4) is 0 Å². The molecule has 0 aromatic rings. The molecular weight excluding hydrogens is 258 g/mol. The summed E-state index contributed by atoms with van der Waals surface area (Å²) < 4.78 is 0. The smallest absolute Gasteiger partial charge is 0.329 e. The molecule has 0 atom stereocenters. The van der Waals surface area contributed by atoms with Gasteiger partial charge >= 0.3 is 12.0 Å². The lowest BCUT2D eigenvalue weighted by Crippen LogP contribution is -2.58. The summed E-state index contributed by atoms with van der Waals surface area (Å²) in [5, 5.41) is 9.19. The molecule has 1 saturated carbocycles. The van der Waals surface area contributed by atoms with Crippen molar-refractivity contribution in [3.63, 3.8) is 0 Å². The molecular formula is C14H25N3O3. The third-order valence-electron chi connectivity index (χ3n) is 4.50. The van der Waals surface area contributed by atoms with Gasteiger partial charge in [-0.1, -0.05) is 0 Å².